The molecule has 0 atom stereocenters. The van der Waals surface area contributed by atoms with Gasteiger partial charge in [0.05, 0.1) is 18.8 Å². The zero-order chi connectivity index (χ0) is 11.4. The third-order valence-corrected chi connectivity index (χ3v) is 1.71. The summed E-state index contributed by atoms with van der Waals surface area (Å²) in [5.41, 5.74) is 1.19. The van der Waals surface area contributed by atoms with Crippen LogP contribution in [0.3, 0.4) is 0 Å². The van der Waals surface area contributed by atoms with Crippen LogP contribution in [0.1, 0.15) is 29.9 Å². The van der Waals surface area contributed by atoms with Gasteiger partial charge in [-0.05, 0) is 26.8 Å². The van der Waals surface area contributed by atoms with Crippen LogP contribution in [0.15, 0.2) is 12.1 Å². The van der Waals surface area contributed by atoms with Crippen LogP contribution in [0, 0.1) is 6.92 Å². The van der Waals surface area contributed by atoms with Crippen LogP contribution in [0.4, 0.5) is 0 Å². The van der Waals surface area contributed by atoms with Crippen molar-refractivity contribution < 1.29 is 14.3 Å². The maximum Gasteiger partial charge on any atom is 0.338 e. The zero-order valence-electron chi connectivity index (χ0n) is 9.40. The number of hydrogen-bond donors (Lipinski definition) is 0. The number of methoxy groups -OCH3 is 1. The van der Waals surface area contributed by atoms with Crippen LogP contribution in [0.5, 0.6) is 5.88 Å². The Balaban J connectivity index is 2.99. The number of carbonyl (C=O) groups excluding carboxylic acids is 1. The monoisotopic (exact) mass is 209 g/mol. The molecule has 15 heavy (non-hydrogen) atoms. The van der Waals surface area contributed by atoms with Crippen molar-refractivity contribution in [2.75, 3.05) is 7.11 Å². The van der Waals surface area contributed by atoms with Crippen molar-refractivity contribution in [3.05, 3.63) is 23.4 Å². The molecule has 0 N–H and O–H groups in total. The summed E-state index contributed by atoms with van der Waals surface area (Å²) in [6.45, 7) is 5.61. The predicted octanol–water partition coefficient (Wildman–Crippen LogP) is 1.96. The topological polar surface area (TPSA) is 48.4 Å². The Bertz CT molecular complexity index is 361. The minimum Gasteiger partial charge on any atom is -0.475 e. The summed E-state index contributed by atoms with van der Waals surface area (Å²) in [5, 5.41) is 0. The number of aryl methyl sites for hydroxylation is 1. The molecule has 1 aromatic heterocycles. The first-order chi connectivity index (χ1) is 7.02. The smallest absolute Gasteiger partial charge is 0.338 e. The normalized spacial score (nSPS) is 10.2. The molecule has 1 aromatic rings. The molecule has 0 saturated heterocycles. The lowest BCUT2D eigenvalue weighted by Gasteiger charge is -2.10. The average molecular weight is 209 g/mol. The van der Waals surface area contributed by atoms with E-state index in [1.54, 1.807) is 19.1 Å². The Morgan fingerprint density at radius 1 is 1.40 bits per heavy atom. The molecule has 0 unspecified atom stereocenters. The van der Waals surface area contributed by atoms with Crippen molar-refractivity contribution >= 4 is 5.97 Å². The standard InChI is InChI=1S/C11H15NO3/c1-7(2)15-10-6-9(11(13)14-4)5-8(3)12-10/h5-7H,1-4H3. The van der Waals surface area contributed by atoms with Crippen LogP contribution in [-0.4, -0.2) is 24.2 Å². The van der Waals surface area contributed by atoms with Gasteiger partial charge in [-0.1, -0.05) is 0 Å². The number of nitrogens with zero attached hydrogens (tertiary/aromatic N) is 1. The summed E-state index contributed by atoms with van der Waals surface area (Å²) in [6, 6.07) is 3.25. The van der Waals surface area contributed by atoms with Crippen LogP contribution < -0.4 is 4.74 Å². The molecule has 0 fully saturated rings. The summed E-state index contributed by atoms with van der Waals surface area (Å²) in [6.07, 6.45) is 0.0322. The molecular weight excluding hydrogens is 194 g/mol. The Hall–Kier alpha value is -1.58. The number of hydrogen-bond acceptors (Lipinski definition) is 4. The van der Waals surface area contributed by atoms with Gasteiger partial charge in [-0.15, -0.1) is 0 Å². The molecule has 4 nitrogen and oxygen atoms in total. The van der Waals surface area contributed by atoms with Gasteiger partial charge in [0.25, 0.3) is 0 Å². The molecule has 0 spiro atoms. The highest BCUT2D eigenvalue weighted by Crippen LogP contribution is 2.14. The summed E-state index contributed by atoms with van der Waals surface area (Å²) < 4.78 is 10.0. The van der Waals surface area contributed by atoms with Crippen molar-refractivity contribution in [3.63, 3.8) is 0 Å². The molecule has 0 aliphatic heterocycles. The quantitative estimate of drug-likeness (QED) is 0.714. The van der Waals surface area contributed by atoms with Gasteiger partial charge in [-0.3, -0.25) is 0 Å². The lowest BCUT2D eigenvalue weighted by Crippen LogP contribution is -2.09. The molecule has 0 aliphatic rings. The van der Waals surface area contributed by atoms with E-state index in [-0.39, 0.29) is 12.1 Å². The fourth-order valence-electron chi connectivity index (χ4n) is 1.18. The third kappa shape index (κ3) is 3.23. The number of rotatable bonds is 3. The molecule has 0 aliphatic carbocycles. The van der Waals surface area contributed by atoms with Crippen molar-refractivity contribution in [1.29, 1.82) is 0 Å². The molecule has 1 heterocycles. The number of esters is 1. The van der Waals surface area contributed by atoms with Crippen LogP contribution in [0.25, 0.3) is 0 Å². The Kier molecular flexibility index (Phi) is 3.66. The molecule has 82 valence electrons. The maximum atomic E-state index is 11.3. The van der Waals surface area contributed by atoms with E-state index in [0.717, 1.165) is 5.69 Å². The van der Waals surface area contributed by atoms with E-state index in [1.807, 2.05) is 13.8 Å². The van der Waals surface area contributed by atoms with Crippen molar-refractivity contribution in [1.82, 2.24) is 4.98 Å². The highest BCUT2D eigenvalue weighted by molar-refractivity contribution is 5.89. The van der Waals surface area contributed by atoms with E-state index in [0.29, 0.717) is 11.4 Å². The molecule has 0 radical (unpaired) electrons. The van der Waals surface area contributed by atoms with Gasteiger partial charge in [0.15, 0.2) is 0 Å². The first kappa shape index (κ1) is 11.5. The second-order valence-corrected chi connectivity index (χ2v) is 3.49. The van der Waals surface area contributed by atoms with Crippen molar-refractivity contribution in [2.24, 2.45) is 0 Å². The number of pyridine rings is 1. The fourth-order valence-corrected chi connectivity index (χ4v) is 1.18. The highest BCUT2D eigenvalue weighted by atomic mass is 16.5. The van der Waals surface area contributed by atoms with E-state index in [9.17, 15) is 4.79 Å². The first-order valence-electron chi connectivity index (χ1n) is 4.76. The van der Waals surface area contributed by atoms with Gasteiger partial charge >= 0.3 is 5.97 Å². The Morgan fingerprint density at radius 2 is 2.07 bits per heavy atom. The van der Waals surface area contributed by atoms with E-state index in [2.05, 4.69) is 9.72 Å². The lowest BCUT2D eigenvalue weighted by molar-refractivity contribution is 0.0599. The largest absolute Gasteiger partial charge is 0.475 e. The van der Waals surface area contributed by atoms with Crippen molar-refractivity contribution in [3.8, 4) is 5.88 Å². The molecule has 0 aromatic carbocycles. The summed E-state index contributed by atoms with van der Waals surface area (Å²) in [5.74, 6) is 0.0690. The maximum absolute atomic E-state index is 11.3. The zero-order valence-corrected chi connectivity index (χ0v) is 9.40. The molecular formula is C11H15NO3. The van der Waals surface area contributed by atoms with E-state index in [4.69, 9.17) is 4.74 Å². The van der Waals surface area contributed by atoms with Crippen LogP contribution in [0.2, 0.25) is 0 Å². The second-order valence-electron chi connectivity index (χ2n) is 3.49. The molecule has 1 rings (SSSR count). The molecule has 0 bridgehead atoms. The summed E-state index contributed by atoms with van der Waals surface area (Å²) in [4.78, 5) is 15.5. The van der Waals surface area contributed by atoms with Crippen molar-refractivity contribution in [2.45, 2.75) is 26.9 Å². The van der Waals surface area contributed by atoms with Crippen LogP contribution in [-0.2, 0) is 4.74 Å². The highest BCUT2D eigenvalue weighted by Gasteiger charge is 2.09. The number of carbonyl (C=O) groups is 1. The van der Waals surface area contributed by atoms with Gasteiger partial charge < -0.3 is 9.47 Å². The summed E-state index contributed by atoms with van der Waals surface area (Å²) in [7, 11) is 1.35. The van der Waals surface area contributed by atoms with Gasteiger partial charge in [-0.2, -0.15) is 0 Å². The second kappa shape index (κ2) is 4.77. The van der Waals surface area contributed by atoms with E-state index < -0.39 is 0 Å². The molecule has 0 saturated carbocycles. The van der Waals surface area contributed by atoms with Gasteiger partial charge in [0.2, 0.25) is 5.88 Å². The van der Waals surface area contributed by atoms with E-state index in [1.165, 1.54) is 7.11 Å². The Morgan fingerprint density at radius 3 is 2.60 bits per heavy atom. The van der Waals surface area contributed by atoms with Gasteiger partial charge in [0, 0.05) is 11.8 Å². The predicted molar refractivity (Wildman–Crippen MR) is 56.1 cm³/mol. The molecule has 0 amide bonds. The SMILES string of the molecule is COC(=O)c1cc(C)nc(OC(C)C)c1. The minimum atomic E-state index is -0.380. The fraction of sp³-hybridized carbons (Fsp3) is 0.455. The van der Waals surface area contributed by atoms with Gasteiger partial charge in [0.1, 0.15) is 0 Å². The minimum absolute atomic E-state index is 0.0322. The number of ether oxygens (including phenoxy) is 2. The van der Waals surface area contributed by atoms with Gasteiger partial charge in [-0.25, -0.2) is 9.78 Å². The first-order valence-corrected chi connectivity index (χ1v) is 4.76. The average Bonchev–Trinajstić information content (AvgIpc) is 2.14. The van der Waals surface area contributed by atoms with Crippen LogP contribution >= 0.6 is 0 Å². The van der Waals surface area contributed by atoms with E-state index >= 15 is 0 Å². The molecule has 4 heteroatoms. The third-order valence-electron chi connectivity index (χ3n) is 1.71. The number of aromatic nitrogens is 1. The Labute approximate surface area is 89.2 Å². The summed E-state index contributed by atoms with van der Waals surface area (Å²) >= 11 is 0. The lowest BCUT2D eigenvalue weighted by atomic mass is 10.2.